The molecule has 0 spiro atoms. The number of hydrogen-bond donors (Lipinski definition) is 1. The van der Waals surface area contributed by atoms with E-state index in [1.165, 1.54) is 10.4 Å². The number of amides is 1. The first kappa shape index (κ1) is 22.6. The number of aryl methyl sites for hydroxylation is 1. The molecule has 1 fully saturated rings. The molecule has 0 unspecified atom stereocenters. The molecule has 1 amide bonds. The number of benzene rings is 2. The zero-order chi connectivity index (χ0) is 21.7. The molecular weight excluding hydrogens is 426 g/mol. The number of hydrogen-bond acceptors (Lipinski definition) is 5. The number of sulfonamides is 1. The minimum Gasteiger partial charge on any atom is -0.495 e. The molecule has 1 saturated heterocycles. The number of carbonyl (C=O) groups is 1. The van der Waals surface area contributed by atoms with Crippen molar-refractivity contribution >= 4 is 33.2 Å². The van der Waals surface area contributed by atoms with Crippen LogP contribution in [0.15, 0.2) is 47.4 Å². The number of nitrogens with one attached hydrogen (secondary N) is 1. The fourth-order valence-electron chi connectivity index (χ4n) is 3.26. The van der Waals surface area contributed by atoms with Crippen molar-refractivity contribution in [3.63, 3.8) is 0 Å². The van der Waals surface area contributed by atoms with Crippen molar-refractivity contribution in [2.24, 2.45) is 0 Å². The molecule has 1 aliphatic rings. The van der Waals surface area contributed by atoms with E-state index in [1.54, 1.807) is 37.4 Å². The van der Waals surface area contributed by atoms with Crippen molar-refractivity contribution in [3.8, 4) is 5.75 Å². The summed E-state index contributed by atoms with van der Waals surface area (Å²) in [6, 6.07) is 11.8. The van der Waals surface area contributed by atoms with Gasteiger partial charge in [-0.2, -0.15) is 4.31 Å². The second-order valence-electron chi connectivity index (χ2n) is 7.25. The Balaban J connectivity index is 1.62. The highest BCUT2D eigenvalue weighted by molar-refractivity contribution is 7.89. The van der Waals surface area contributed by atoms with E-state index in [0.717, 1.165) is 5.56 Å². The van der Waals surface area contributed by atoms with Gasteiger partial charge in [0.2, 0.25) is 15.9 Å². The number of nitrogens with zero attached hydrogens (tertiary/aromatic N) is 2. The number of ether oxygens (including phenoxy) is 1. The lowest BCUT2D eigenvalue weighted by atomic mass is 10.1. The van der Waals surface area contributed by atoms with Gasteiger partial charge < -0.3 is 15.0 Å². The van der Waals surface area contributed by atoms with Gasteiger partial charge in [0.05, 0.1) is 17.0 Å². The summed E-state index contributed by atoms with van der Waals surface area (Å²) in [7, 11) is -0.0614. The fraction of sp³-hybridized carbons (Fsp3) is 0.381. The van der Waals surface area contributed by atoms with E-state index in [9.17, 15) is 13.2 Å². The summed E-state index contributed by atoms with van der Waals surface area (Å²) in [5.74, 6) is 0.388. The molecule has 2 aromatic rings. The lowest BCUT2D eigenvalue weighted by Gasteiger charge is -2.31. The van der Waals surface area contributed by atoms with Crippen LogP contribution in [-0.4, -0.2) is 63.9 Å². The van der Waals surface area contributed by atoms with Gasteiger partial charge in [0.15, 0.2) is 0 Å². The number of likely N-dealkylation sites (N-methyl/N-ethyl adjacent to an activating group) is 1. The van der Waals surface area contributed by atoms with Gasteiger partial charge in [0.25, 0.3) is 0 Å². The third-order valence-corrected chi connectivity index (χ3v) is 7.26. The second-order valence-corrected chi connectivity index (χ2v) is 9.60. The Morgan fingerprint density at radius 2 is 1.87 bits per heavy atom. The van der Waals surface area contributed by atoms with Gasteiger partial charge in [0.1, 0.15) is 5.75 Å². The summed E-state index contributed by atoms with van der Waals surface area (Å²) < 4.78 is 32.4. The molecule has 7 nitrogen and oxygen atoms in total. The maximum Gasteiger partial charge on any atom is 0.243 e. The average Bonchev–Trinajstić information content (AvgIpc) is 2.73. The highest BCUT2D eigenvalue weighted by atomic mass is 35.5. The van der Waals surface area contributed by atoms with Gasteiger partial charge in [-0.1, -0.05) is 23.7 Å². The first-order valence-corrected chi connectivity index (χ1v) is 11.5. The van der Waals surface area contributed by atoms with Crippen molar-refractivity contribution in [2.75, 3.05) is 45.7 Å². The van der Waals surface area contributed by atoms with E-state index >= 15 is 0 Å². The molecule has 1 N–H and O–H groups in total. The molecule has 0 aromatic heterocycles. The van der Waals surface area contributed by atoms with E-state index < -0.39 is 10.0 Å². The van der Waals surface area contributed by atoms with Gasteiger partial charge in [-0.15, -0.1) is 0 Å². The smallest absolute Gasteiger partial charge is 0.243 e. The monoisotopic (exact) mass is 451 g/mol. The predicted molar refractivity (Wildman–Crippen MR) is 118 cm³/mol. The Kier molecular flexibility index (Phi) is 7.36. The summed E-state index contributed by atoms with van der Waals surface area (Å²) in [4.78, 5) is 14.6. The van der Waals surface area contributed by atoms with Crippen LogP contribution in [0.1, 0.15) is 12.0 Å². The molecule has 30 heavy (non-hydrogen) atoms. The van der Waals surface area contributed by atoms with Gasteiger partial charge in [-0.05, 0) is 49.4 Å². The van der Waals surface area contributed by atoms with Gasteiger partial charge in [-0.25, -0.2) is 8.42 Å². The van der Waals surface area contributed by atoms with E-state index in [1.807, 2.05) is 13.1 Å². The van der Waals surface area contributed by atoms with Crippen LogP contribution >= 0.6 is 11.6 Å². The van der Waals surface area contributed by atoms with Crippen LogP contribution in [0, 0.1) is 0 Å². The minimum absolute atomic E-state index is 0.187. The molecule has 162 valence electrons. The maximum absolute atomic E-state index is 12.9. The zero-order valence-electron chi connectivity index (χ0n) is 17.1. The van der Waals surface area contributed by atoms with Crippen molar-refractivity contribution in [1.29, 1.82) is 0 Å². The first-order chi connectivity index (χ1) is 14.3. The van der Waals surface area contributed by atoms with Crippen molar-refractivity contribution in [2.45, 2.75) is 17.7 Å². The summed E-state index contributed by atoms with van der Waals surface area (Å²) in [6.07, 6.45) is 0.757. The molecule has 0 radical (unpaired) electrons. The summed E-state index contributed by atoms with van der Waals surface area (Å²) in [5, 5.41) is 3.28. The lowest BCUT2D eigenvalue weighted by Crippen LogP contribution is -2.47. The van der Waals surface area contributed by atoms with Crippen LogP contribution in [0.3, 0.4) is 0 Å². The van der Waals surface area contributed by atoms with Crippen molar-refractivity contribution in [3.05, 3.63) is 53.1 Å². The Hall–Kier alpha value is -2.13. The Morgan fingerprint density at radius 3 is 2.53 bits per heavy atom. The number of halogens is 1. The standard InChI is InChI=1S/C21H26ClN3O4S/c1-24-10-12-25(13-11-24)30(27,28)18-5-3-4-17(15-18)23-21(26)9-7-16-6-8-20(29-2)19(22)14-16/h3-6,8,14-15H,7,9-13H2,1-2H3,(H,23,26). The summed E-state index contributed by atoms with van der Waals surface area (Å²) >= 11 is 6.12. The van der Waals surface area contributed by atoms with Gasteiger partial charge in [0, 0.05) is 38.3 Å². The van der Waals surface area contributed by atoms with Crippen LogP contribution in [0.5, 0.6) is 5.75 Å². The Bertz CT molecular complexity index is 1010. The SMILES string of the molecule is COc1ccc(CCC(=O)Nc2cccc(S(=O)(=O)N3CCN(C)CC3)c2)cc1Cl. The summed E-state index contributed by atoms with van der Waals surface area (Å²) in [5.41, 5.74) is 1.38. The molecule has 3 rings (SSSR count). The molecule has 1 heterocycles. The van der Waals surface area contributed by atoms with Gasteiger partial charge in [-0.3, -0.25) is 4.79 Å². The van der Waals surface area contributed by atoms with Crippen LogP contribution in [0.25, 0.3) is 0 Å². The van der Waals surface area contributed by atoms with Gasteiger partial charge >= 0.3 is 0 Å². The quantitative estimate of drug-likeness (QED) is 0.700. The molecule has 1 aliphatic heterocycles. The second kappa shape index (κ2) is 9.78. The normalized spacial score (nSPS) is 15.7. The van der Waals surface area contributed by atoms with Crippen LogP contribution in [0.2, 0.25) is 5.02 Å². The molecule has 0 bridgehead atoms. The van der Waals surface area contributed by atoms with E-state index in [-0.39, 0.29) is 17.2 Å². The van der Waals surface area contributed by atoms with E-state index in [0.29, 0.717) is 49.1 Å². The van der Waals surface area contributed by atoms with E-state index in [4.69, 9.17) is 16.3 Å². The molecule has 0 atom stereocenters. The minimum atomic E-state index is -3.58. The average molecular weight is 452 g/mol. The van der Waals surface area contributed by atoms with Crippen LogP contribution < -0.4 is 10.1 Å². The number of carbonyl (C=O) groups excluding carboxylic acids is 1. The van der Waals surface area contributed by atoms with Crippen molar-refractivity contribution < 1.29 is 17.9 Å². The lowest BCUT2D eigenvalue weighted by molar-refractivity contribution is -0.116. The third-order valence-electron chi connectivity index (χ3n) is 5.07. The summed E-state index contributed by atoms with van der Waals surface area (Å²) in [6.45, 7) is 2.32. The zero-order valence-corrected chi connectivity index (χ0v) is 18.7. The number of methoxy groups -OCH3 is 1. The fourth-order valence-corrected chi connectivity index (χ4v) is 5.01. The maximum atomic E-state index is 12.9. The molecular formula is C21H26ClN3O4S. The Labute approximate surface area is 182 Å². The highest BCUT2D eigenvalue weighted by Gasteiger charge is 2.27. The van der Waals surface area contributed by atoms with Crippen molar-refractivity contribution in [1.82, 2.24) is 9.21 Å². The Morgan fingerprint density at radius 1 is 1.13 bits per heavy atom. The number of piperazine rings is 1. The van der Waals surface area contributed by atoms with Crippen LogP contribution in [-0.2, 0) is 21.2 Å². The molecule has 2 aromatic carbocycles. The number of anilines is 1. The largest absolute Gasteiger partial charge is 0.495 e. The van der Waals surface area contributed by atoms with Crippen LogP contribution in [0.4, 0.5) is 5.69 Å². The topological polar surface area (TPSA) is 78.9 Å². The highest BCUT2D eigenvalue weighted by Crippen LogP contribution is 2.25. The number of rotatable bonds is 7. The predicted octanol–water partition coefficient (Wildman–Crippen LogP) is 2.86. The third kappa shape index (κ3) is 5.51. The molecule has 0 aliphatic carbocycles. The molecule has 9 heteroatoms. The molecule has 0 saturated carbocycles. The van der Waals surface area contributed by atoms with E-state index in [2.05, 4.69) is 10.2 Å². The first-order valence-electron chi connectivity index (χ1n) is 9.70.